The number of hydrogen-bond acceptors (Lipinski definition) is 8. The molecule has 0 aromatic rings. The number of likely N-dealkylation sites (N-methyl/N-ethyl adjacent to an activating group) is 1. The lowest BCUT2D eigenvalue weighted by Crippen LogP contribution is -2.38. The van der Waals surface area contributed by atoms with Crippen LogP contribution in [0.3, 0.4) is 0 Å². The van der Waals surface area contributed by atoms with Crippen molar-refractivity contribution in [2.45, 2.75) is 94.2 Å². The Labute approximate surface area is 265 Å². The van der Waals surface area contributed by atoms with E-state index < -0.39 is 0 Å². The first-order chi connectivity index (χ1) is 20.3. The number of hydrogen-bond donors (Lipinski definition) is 6. The average molecular weight is 634 g/mol. The molecule has 0 aliphatic heterocycles. The summed E-state index contributed by atoms with van der Waals surface area (Å²) in [4.78, 5) is 65.9. The molecule has 14 heteroatoms. The molecule has 0 fully saturated rings. The normalized spacial score (nSPS) is 10.1. The van der Waals surface area contributed by atoms with Crippen molar-refractivity contribution in [1.82, 2.24) is 37.0 Å². The van der Waals surface area contributed by atoms with Gasteiger partial charge < -0.3 is 30.9 Å². The number of nitrogens with zero attached hydrogens (tertiary/aromatic N) is 1. The minimum atomic E-state index is -0.192. The maximum Gasteiger partial charge on any atom is 0.240 e. The van der Waals surface area contributed by atoms with Crippen molar-refractivity contribution in [2.24, 2.45) is 17.8 Å². The number of amides is 6. The van der Waals surface area contributed by atoms with Gasteiger partial charge in [0.05, 0.1) is 12.7 Å². The number of rotatable bonds is 16. The van der Waals surface area contributed by atoms with E-state index in [2.05, 4.69) is 26.7 Å². The number of ether oxygens (including phenoxy) is 1. The summed E-state index contributed by atoms with van der Waals surface area (Å²) in [5.41, 5.74) is 4.22. The minimum absolute atomic E-state index is 0.0593. The molecular weight excluding hydrogens is 570 g/mol. The fraction of sp³-hybridized carbons (Fsp3) is 0.800. The Bertz CT molecular complexity index is 788. The maximum atomic E-state index is 11.0. The van der Waals surface area contributed by atoms with Gasteiger partial charge in [-0.3, -0.25) is 39.6 Å². The Morgan fingerprint density at radius 3 is 1.52 bits per heavy atom. The van der Waals surface area contributed by atoms with E-state index in [1.54, 1.807) is 20.9 Å². The fourth-order valence-electron chi connectivity index (χ4n) is 2.27. The lowest BCUT2D eigenvalue weighted by Gasteiger charge is -2.11. The molecule has 14 nitrogen and oxygen atoms in total. The molecule has 0 aromatic heterocycles. The van der Waals surface area contributed by atoms with Gasteiger partial charge in [0.15, 0.2) is 0 Å². The molecule has 0 unspecified atom stereocenters. The lowest BCUT2D eigenvalue weighted by molar-refractivity contribution is -0.127. The van der Waals surface area contributed by atoms with Crippen molar-refractivity contribution in [1.29, 1.82) is 0 Å². The summed E-state index contributed by atoms with van der Waals surface area (Å²) in [5.74, 6) is -0.0996. The third-order valence-corrected chi connectivity index (χ3v) is 4.85. The number of carbonyl (C=O) groups excluding carboxylic acids is 6. The summed E-state index contributed by atoms with van der Waals surface area (Å²) in [6.07, 6.45) is 1.17. The van der Waals surface area contributed by atoms with Crippen molar-refractivity contribution in [3.8, 4) is 0 Å². The Balaban J connectivity index is -0.000000244. The van der Waals surface area contributed by atoms with Gasteiger partial charge in [0.1, 0.15) is 0 Å². The number of nitrogens with one attached hydrogen (secondary N) is 6. The standard InChI is InChI=1S/C9H19NO2.C8H16N2O2.C8H18N2O.C5H10N2O2/c1-7(2)9(11)10-5-6-12-8(3)4;1-6(2)10-8(12)5-4-7(11)9-3;1-7(2)8(11)9-5-6-10(3)4;1-4(2)5(9)7-6-3-8/h7-8H,5-6H2,1-4H3,(H,10,11);6H,4-5H2,1-3H3,(H,9,11)(H,10,12);7H,5-6H2,1-4H3,(H,9,11);3-4H,1-2H3,(H,6,8)(H,7,9). The summed E-state index contributed by atoms with van der Waals surface area (Å²) in [5, 5.41) is 10.8. The second-order valence-electron chi connectivity index (χ2n) is 11.4. The van der Waals surface area contributed by atoms with E-state index in [0.29, 0.717) is 19.6 Å². The third-order valence-electron chi connectivity index (χ3n) is 4.85. The van der Waals surface area contributed by atoms with Crippen molar-refractivity contribution < 1.29 is 33.5 Å². The van der Waals surface area contributed by atoms with Crippen LogP contribution in [0.4, 0.5) is 0 Å². The van der Waals surface area contributed by atoms with Crippen LogP contribution in [0.1, 0.15) is 82.1 Å². The zero-order valence-corrected chi connectivity index (χ0v) is 29.5. The van der Waals surface area contributed by atoms with Crippen LogP contribution in [-0.4, -0.2) is 100 Å². The van der Waals surface area contributed by atoms with Gasteiger partial charge in [0.2, 0.25) is 35.9 Å². The van der Waals surface area contributed by atoms with Crippen LogP contribution in [-0.2, 0) is 33.5 Å². The molecule has 44 heavy (non-hydrogen) atoms. The number of hydrazine groups is 1. The number of carbonyl (C=O) groups is 6. The van der Waals surface area contributed by atoms with Gasteiger partial charge in [-0.25, -0.2) is 0 Å². The lowest BCUT2D eigenvalue weighted by atomic mass is 10.2. The molecule has 0 radical (unpaired) electrons. The van der Waals surface area contributed by atoms with Gasteiger partial charge in [0.25, 0.3) is 0 Å². The highest BCUT2D eigenvalue weighted by Crippen LogP contribution is 1.92. The third kappa shape index (κ3) is 40.9. The maximum absolute atomic E-state index is 11.0. The Kier molecular flexibility index (Phi) is 33.8. The molecule has 0 heterocycles. The largest absolute Gasteiger partial charge is 0.377 e. The van der Waals surface area contributed by atoms with Crippen LogP contribution in [0.2, 0.25) is 0 Å². The Morgan fingerprint density at radius 2 is 1.16 bits per heavy atom. The van der Waals surface area contributed by atoms with Crippen LogP contribution in [0.15, 0.2) is 0 Å². The smallest absolute Gasteiger partial charge is 0.240 e. The van der Waals surface area contributed by atoms with Crippen LogP contribution >= 0.6 is 0 Å². The second kappa shape index (κ2) is 31.2. The van der Waals surface area contributed by atoms with Crippen molar-refractivity contribution in [3.05, 3.63) is 0 Å². The quantitative estimate of drug-likeness (QED) is 0.0824. The van der Waals surface area contributed by atoms with E-state index in [-0.39, 0.29) is 72.3 Å². The molecule has 0 atom stereocenters. The van der Waals surface area contributed by atoms with E-state index in [4.69, 9.17) is 4.74 Å². The Hall–Kier alpha value is -3.26. The highest BCUT2D eigenvalue weighted by atomic mass is 16.5. The van der Waals surface area contributed by atoms with Crippen LogP contribution in [0.5, 0.6) is 0 Å². The molecule has 6 N–H and O–H groups in total. The molecule has 6 amide bonds. The van der Waals surface area contributed by atoms with Gasteiger partial charge >= 0.3 is 0 Å². The summed E-state index contributed by atoms with van der Waals surface area (Å²) in [6.45, 7) is 21.6. The van der Waals surface area contributed by atoms with Crippen molar-refractivity contribution >= 4 is 35.9 Å². The summed E-state index contributed by atoms with van der Waals surface area (Å²) >= 11 is 0. The van der Waals surface area contributed by atoms with Gasteiger partial charge in [-0.15, -0.1) is 0 Å². The molecular formula is C30H63N7O7. The topological polar surface area (TPSA) is 187 Å². The van der Waals surface area contributed by atoms with Crippen LogP contribution in [0.25, 0.3) is 0 Å². The van der Waals surface area contributed by atoms with Gasteiger partial charge in [0, 0.05) is 63.3 Å². The fourth-order valence-corrected chi connectivity index (χ4v) is 2.27. The molecule has 0 aliphatic rings. The van der Waals surface area contributed by atoms with E-state index in [1.165, 1.54) is 0 Å². The predicted octanol–water partition coefficient (Wildman–Crippen LogP) is 0.961. The van der Waals surface area contributed by atoms with E-state index in [0.717, 1.165) is 13.1 Å². The first kappa shape index (κ1) is 47.7. The summed E-state index contributed by atoms with van der Waals surface area (Å²) < 4.78 is 5.26. The monoisotopic (exact) mass is 633 g/mol. The molecule has 0 saturated heterocycles. The van der Waals surface area contributed by atoms with E-state index in [1.807, 2.05) is 79.8 Å². The first-order valence-corrected chi connectivity index (χ1v) is 15.1. The average Bonchev–Trinajstić information content (AvgIpc) is 2.92. The first-order valence-electron chi connectivity index (χ1n) is 15.1. The van der Waals surface area contributed by atoms with E-state index >= 15 is 0 Å². The molecule has 0 saturated carbocycles. The van der Waals surface area contributed by atoms with Gasteiger partial charge in [-0.05, 0) is 41.8 Å². The summed E-state index contributed by atoms with van der Waals surface area (Å²) in [7, 11) is 5.53. The van der Waals surface area contributed by atoms with Crippen molar-refractivity contribution in [2.75, 3.05) is 47.4 Å². The zero-order valence-electron chi connectivity index (χ0n) is 29.5. The molecule has 0 aromatic carbocycles. The van der Waals surface area contributed by atoms with Gasteiger partial charge in [-0.1, -0.05) is 41.5 Å². The second-order valence-corrected chi connectivity index (χ2v) is 11.4. The molecule has 260 valence electrons. The zero-order chi connectivity index (χ0) is 35.3. The summed E-state index contributed by atoms with van der Waals surface area (Å²) in [6, 6.07) is 0.141. The van der Waals surface area contributed by atoms with Crippen LogP contribution in [0, 0.1) is 17.8 Å². The molecule has 0 bridgehead atoms. The highest BCUT2D eigenvalue weighted by Gasteiger charge is 2.07. The van der Waals surface area contributed by atoms with E-state index in [9.17, 15) is 28.8 Å². The molecule has 0 spiro atoms. The van der Waals surface area contributed by atoms with Crippen molar-refractivity contribution in [3.63, 3.8) is 0 Å². The van der Waals surface area contributed by atoms with Gasteiger partial charge in [-0.2, -0.15) is 0 Å². The SMILES string of the molecule is CC(C)C(=O)NCCN(C)C.CC(C)C(=O)NNC=O.CC(C)OCCNC(=O)C(C)C.CNC(=O)CCC(=O)NC(C)C. The molecule has 0 rings (SSSR count). The Morgan fingerprint density at radius 1 is 0.705 bits per heavy atom. The highest BCUT2D eigenvalue weighted by molar-refractivity contribution is 5.83. The molecule has 0 aliphatic carbocycles. The predicted molar refractivity (Wildman–Crippen MR) is 174 cm³/mol. The minimum Gasteiger partial charge on any atom is -0.377 e. The van der Waals surface area contributed by atoms with Crippen LogP contribution < -0.4 is 32.1 Å².